The third kappa shape index (κ3) is 3.21. The third-order valence-corrected chi connectivity index (χ3v) is 3.95. The summed E-state index contributed by atoms with van der Waals surface area (Å²) in [6.07, 6.45) is 8.29. The summed E-state index contributed by atoms with van der Waals surface area (Å²) in [5, 5.41) is 6.63. The minimum absolute atomic E-state index is 0.248. The van der Waals surface area contributed by atoms with Crippen molar-refractivity contribution < 1.29 is 4.79 Å². The van der Waals surface area contributed by atoms with Crippen molar-refractivity contribution in [3.05, 3.63) is 0 Å². The Bertz CT molecular complexity index is 236. The van der Waals surface area contributed by atoms with Crippen LogP contribution in [0.5, 0.6) is 0 Å². The van der Waals surface area contributed by atoms with Gasteiger partial charge in [0, 0.05) is 18.0 Å². The molecule has 3 nitrogen and oxygen atoms in total. The Morgan fingerprint density at radius 2 is 1.94 bits per heavy atom. The molecule has 2 atom stereocenters. The molecule has 1 saturated heterocycles. The van der Waals surface area contributed by atoms with Gasteiger partial charge in [0.25, 0.3) is 0 Å². The lowest BCUT2D eigenvalue weighted by Gasteiger charge is -2.30. The van der Waals surface area contributed by atoms with Crippen LogP contribution in [0.1, 0.15) is 51.9 Å². The highest BCUT2D eigenvalue weighted by Crippen LogP contribution is 2.20. The number of rotatable bonds is 2. The lowest BCUT2D eigenvalue weighted by atomic mass is 9.90. The second-order valence-electron chi connectivity index (χ2n) is 5.42. The van der Waals surface area contributed by atoms with E-state index in [1.54, 1.807) is 0 Å². The van der Waals surface area contributed by atoms with E-state index in [0.717, 1.165) is 19.4 Å². The van der Waals surface area contributed by atoms with Crippen LogP contribution in [0, 0.1) is 5.92 Å². The molecule has 0 aromatic carbocycles. The molecule has 1 heterocycles. The third-order valence-electron chi connectivity index (χ3n) is 3.95. The van der Waals surface area contributed by atoms with E-state index in [2.05, 4.69) is 17.6 Å². The van der Waals surface area contributed by atoms with E-state index >= 15 is 0 Å². The molecule has 2 aliphatic rings. The van der Waals surface area contributed by atoms with Crippen LogP contribution in [-0.2, 0) is 4.79 Å². The molecular weight excluding hydrogens is 200 g/mol. The molecule has 3 heteroatoms. The van der Waals surface area contributed by atoms with Crippen molar-refractivity contribution in [2.45, 2.75) is 64.0 Å². The maximum Gasteiger partial charge on any atom is 0.223 e. The van der Waals surface area contributed by atoms with Gasteiger partial charge in [0.05, 0.1) is 0 Å². The van der Waals surface area contributed by atoms with Crippen LogP contribution >= 0.6 is 0 Å². The molecule has 2 N–H and O–H groups in total. The summed E-state index contributed by atoms with van der Waals surface area (Å²) in [6, 6.07) is 0.960. The number of hydrogen-bond donors (Lipinski definition) is 2. The summed E-state index contributed by atoms with van der Waals surface area (Å²) in [5.41, 5.74) is 0. The summed E-state index contributed by atoms with van der Waals surface area (Å²) >= 11 is 0. The van der Waals surface area contributed by atoms with Gasteiger partial charge < -0.3 is 10.6 Å². The molecule has 1 aliphatic heterocycles. The summed E-state index contributed by atoms with van der Waals surface area (Å²) in [4.78, 5) is 12.1. The largest absolute Gasteiger partial charge is 0.353 e. The predicted octanol–water partition coefficient (Wildman–Crippen LogP) is 1.82. The van der Waals surface area contributed by atoms with Gasteiger partial charge >= 0.3 is 0 Å². The molecule has 92 valence electrons. The van der Waals surface area contributed by atoms with Crippen molar-refractivity contribution in [3.63, 3.8) is 0 Å². The van der Waals surface area contributed by atoms with Crippen molar-refractivity contribution in [1.82, 2.24) is 10.6 Å². The molecule has 0 bridgehead atoms. The fourth-order valence-electron chi connectivity index (χ4n) is 2.94. The second kappa shape index (κ2) is 5.67. The molecule has 0 aromatic heterocycles. The van der Waals surface area contributed by atoms with E-state index < -0.39 is 0 Å². The molecule has 1 aliphatic carbocycles. The Morgan fingerprint density at radius 1 is 1.19 bits per heavy atom. The van der Waals surface area contributed by atoms with Gasteiger partial charge in [-0.1, -0.05) is 19.3 Å². The maximum absolute atomic E-state index is 12.1. The highest BCUT2D eigenvalue weighted by atomic mass is 16.1. The van der Waals surface area contributed by atoms with E-state index in [1.165, 1.54) is 32.1 Å². The minimum atomic E-state index is 0.248. The molecule has 0 radical (unpaired) electrons. The van der Waals surface area contributed by atoms with E-state index in [1.807, 2.05) is 0 Å². The summed E-state index contributed by atoms with van der Waals surface area (Å²) in [7, 11) is 0. The smallest absolute Gasteiger partial charge is 0.223 e. The van der Waals surface area contributed by atoms with Crippen molar-refractivity contribution in [3.8, 4) is 0 Å². The van der Waals surface area contributed by atoms with E-state index in [9.17, 15) is 4.79 Å². The van der Waals surface area contributed by atoms with E-state index in [-0.39, 0.29) is 5.92 Å². The monoisotopic (exact) mass is 224 g/mol. The minimum Gasteiger partial charge on any atom is -0.353 e. The van der Waals surface area contributed by atoms with Crippen LogP contribution in [0.2, 0.25) is 0 Å². The Morgan fingerprint density at radius 3 is 2.62 bits per heavy atom. The molecule has 0 unspecified atom stereocenters. The molecule has 2 rings (SSSR count). The zero-order valence-corrected chi connectivity index (χ0v) is 10.3. The van der Waals surface area contributed by atoms with Crippen LogP contribution in [0.3, 0.4) is 0 Å². The highest BCUT2D eigenvalue weighted by molar-refractivity contribution is 5.79. The van der Waals surface area contributed by atoms with Gasteiger partial charge in [-0.25, -0.2) is 0 Å². The molecule has 16 heavy (non-hydrogen) atoms. The SMILES string of the molecule is C[C@H]1C[C@@H](C(=O)NC2CCCCC2)CCN1. The number of hydrogen-bond acceptors (Lipinski definition) is 2. The number of amides is 1. The average molecular weight is 224 g/mol. The van der Waals surface area contributed by atoms with Crippen molar-refractivity contribution >= 4 is 5.91 Å². The number of carbonyl (C=O) groups is 1. The normalized spacial score (nSPS) is 32.3. The first-order chi connectivity index (χ1) is 7.75. The Labute approximate surface area is 98.4 Å². The first kappa shape index (κ1) is 11.9. The highest BCUT2D eigenvalue weighted by Gasteiger charge is 2.26. The molecule has 2 fully saturated rings. The zero-order valence-electron chi connectivity index (χ0n) is 10.3. The molecular formula is C13H24N2O. The van der Waals surface area contributed by atoms with E-state index in [4.69, 9.17) is 0 Å². The molecule has 0 spiro atoms. The van der Waals surface area contributed by atoms with Gasteiger partial charge in [-0.05, 0) is 39.2 Å². The first-order valence-electron chi connectivity index (χ1n) is 6.79. The fraction of sp³-hybridized carbons (Fsp3) is 0.923. The molecule has 1 saturated carbocycles. The number of nitrogens with one attached hydrogen (secondary N) is 2. The van der Waals surface area contributed by atoms with Gasteiger partial charge in [-0.2, -0.15) is 0 Å². The van der Waals surface area contributed by atoms with Crippen molar-refractivity contribution in [2.24, 2.45) is 5.92 Å². The topological polar surface area (TPSA) is 41.1 Å². The standard InChI is InChI=1S/C13H24N2O/c1-10-9-11(7-8-14-10)13(16)15-12-5-3-2-4-6-12/h10-12,14H,2-9H2,1H3,(H,15,16)/t10-,11-/m0/s1. The van der Waals surface area contributed by atoms with Gasteiger partial charge in [-0.15, -0.1) is 0 Å². The van der Waals surface area contributed by atoms with Gasteiger partial charge in [-0.3, -0.25) is 4.79 Å². The lowest BCUT2D eigenvalue weighted by molar-refractivity contribution is -0.127. The van der Waals surface area contributed by atoms with Crippen LogP contribution in [-0.4, -0.2) is 24.5 Å². The van der Waals surface area contributed by atoms with Crippen molar-refractivity contribution in [2.75, 3.05) is 6.54 Å². The van der Waals surface area contributed by atoms with Gasteiger partial charge in [0.15, 0.2) is 0 Å². The maximum atomic E-state index is 12.1. The number of carbonyl (C=O) groups excluding carboxylic acids is 1. The fourth-order valence-corrected chi connectivity index (χ4v) is 2.94. The van der Waals surface area contributed by atoms with Crippen LogP contribution < -0.4 is 10.6 Å². The van der Waals surface area contributed by atoms with Crippen molar-refractivity contribution in [1.29, 1.82) is 0 Å². The summed E-state index contributed by atoms with van der Waals surface area (Å²) in [6.45, 7) is 3.16. The van der Waals surface area contributed by atoms with Crippen LogP contribution in [0.4, 0.5) is 0 Å². The Hall–Kier alpha value is -0.570. The number of piperidine rings is 1. The van der Waals surface area contributed by atoms with Crippen LogP contribution in [0.25, 0.3) is 0 Å². The zero-order chi connectivity index (χ0) is 11.4. The van der Waals surface area contributed by atoms with E-state index in [0.29, 0.717) is 18.0 Å². The summed E-state index contributed by atoms with van der Waals surface area (Å²) < 4.78 is 0. The summed E-state index contributed by atoms with van der Waals surface area (Å²) in [5.74, 6) is 0.554. The quantitative estimate of drug-likeness (QED) is 0.751. The second-order valence-corrected chi connectivity index (χ2v) is 5.42. The Kier molecular flexibility index (Phi) is 4.22. The molecule has 1 amide bonds. The predicted molar refractivity (Wildman–Crippen MR) is 65.2 cm³/mol. The van der Waals surface area contributed by atoms with Gasteiger partial charge in [0.2, 0.25) is 5.91 Å². The molecule has 0 aromatic rings. The average Bonchev–Trinajstić information content (AvgIpc) is 2.30. The first-order valence-corrected chi connectivity index (χ1v) is 6.79. The Balaban J connectivity index is 1.77. The van der Waals surface area contributed by atoms with Gasteiger partial charge in [0.1, 0.15) is 0 Å². The van der Waals surface area contributed by atoms with Crippen LogP contribution in [0.15, 0.2) is 0 Å². The lowest BCUT2D eigenvalue weighted by Crippen LogP contribution is -2.45.